The normalized spacial score (nSPS) is 12.6. The van der Waals surface area contributed by atoms with E-state index < -0.39 is 0 Å². The van der Waals surface area contributed by atoms with Crippen molar-refractivity contribution < 1.29 is 19.0 Å². The molecule has 5 nitrogen and oxygen atoms in total. The molecule has 0 saturated heterocycles. The molecule has 0 fully saturated rings. The van der Waals surface area contributed by atoms with Gasteiger partial charge in [-0.3, -0.25) is 4.79 Å². The maximum Gasteiger partial charge on any atom is 0.224 e. The van der Waals surface area contributed by atoms with E-state index in [0.717, 1.165) is 22.6 Å². The summed E-state index contributed by atoms with van der Waals surface area (Å²) in [5.41, 5.74) is 1.93. The van der Waals surface area contributed by atoms with E-state index in [2.05, 4.69) is 5.32 Å². The van der Waals surface area contributed by atoms with Crippen molar-refractivity contribution >= 4 is 5.91 Å². The Balaban J connectivity index is 1.54. The summed E-state index contributed by atoms with van der Waals surface area (Å²) in [4.78, 5) is 12.1. The van der Waals surface area contributed by atoms with E-state index in [0.29, 0.717) is 31.9 Å². The molecular weight excluding hydrogens is 294 g/mol. The number of carbonyl (C=O) groups is 1. The van der Waals surface area contributed by atoms with Crippen LogP contribution < -0.4 is 19.5 Å². The molecule has 1 amide bonds. The SMILES string of the molecule is COc1ccc(CNC(=O)Cc2ccc3c(c2)OCCO3)cc1. The van der Waals surface area contributed by atoms with Crippen LogP contribution in [0.25, 0.3) is 0 Å². The minimum atomic E-state index is -0.0301. The smallest absolute Gasteiger partial charge is 0.224 e. The Kier molecular flexibility index (Phi) is 4.66. The average molecular weight is 313 g/mol. The highest BCUT2D eigenvalue weighted by atomic mass is 16.6. The van der Waals surface area contributed by atoms with Crippen LogP contribution in [-0.2, 0) is 17.8 Å². The van der Waals surface area contributed by atoms with Crippen LogP contribution >= 0.6 is 0 Å². The lowest BCUT2D eigenvalue weighted by atomic mass is 10.1. The number of amides is 1. The van der Waals surface area contributed by atoms with Gasteiger partial charge in [0.1, 0.15) is 19.0 Å². The van der Waals surface area contributed by atoms with Crippen LogP contribution in [-0.4, -0.2) is 26.2 Å². The standard InChI is InChI=1S/C18H19NO4/c1-21-15-5-2-13(3-6-15)12-19-18(20)11-14-4-7-16-17(10-14)23-9-8-22-16/h2-7,10H,8-9,11-12H2,1H3,(H,19,20). The van der Waals surface area contributed by atoms with Crippen LogP contribution in [0.15, 0.2) is 42.5 Å². The lowest BCUT2D eigenvalue weighted by molar-refractivity contribution is -0.120. The van der Waals surface area contributed by atoms with Crippen molar-refractivity contribution in [3.05, 3.63) is 53.6 Å². The summed E-state index contributed by atoms with van der Waals surface area (Å²) in [6, 6.07) is 13.2. The van der Waals surface area contributed by atoms with E-state index in [1.54, 1.807) is 7.11 Å². The molecule has 5 heteroatoms. The highest BCUT2D eigenvalue weighted by Gasteiger charge is 2.13. The molecule has 0 aliphatic carbocycles. The Hall–Kier alpha value is -2.69. The van der Waals surface area contributed by atoms with E-state index in [1.165, 1.54) is 0 Å². The van der Waals surface area contributed by atoms with Gasteiger partial charge < -0.3 is 19.5 Å². The van der Waals surface area contributed by atoms with Gasteiger partial charge in [0, 0.05) is 6.54 Å². The van der Waals surface area contributed by atoms with E-state index in [-0.39, 0.29) is 5.91 Å². The molecule has 2 aromatic carbocycles. The van der Waals surface area contributed by atoms with Gasteiger partial charge in [-0.05, 0) is 35.4 Å². The number of fused-ring (bicyclic) bond motifs is 1. The Labute approximate surface area is 135 Å². The number of rotatable bonds is 5. The summed E-state index contributed by atoms with van der Waals surface area (Å²) in [5, 5.41) is 2.91. The largest absolute Gasteiger partial charge is 0.497 e. The Bertz CT molecular complexity index is 682. The summed E-state index contributed by atoms with van der Waals surface area (Å²) < 4.78 is 16.1. The van der Waals surface area contributed by atoms with Gasteiger partial charge in [-0.1, -0.05) is 18.2 Å². The molecule has 120 valence electrons. The number of ether oxygens (including phenoxy) is 3. The molecule has 1 aliphatic heterocycles. The number of nitrogens with one attached hydrogen (secondary N) is 1. The maximum atomic E-state index is 12.1. The fraction of sp³-hybridized carbons (Fsp3) is 0.278. The molecule has 0 spiro atoms. The highest BCUT2D eigenvalue weighted by molar-refractivity contribution is 5.78. The van der Waals surface area contributed by atoms with Crippen molar-refractivity contribution in [2.75, 3.05) is 20.3 Å². The third-order valence-corrected chi connectivity index (χ3v) is 3.62. The van der Waals surface area contributed by atoms with Crippen molar-refractivity contribution in [2.24, 2.45) is 0 Å². The predicted octanol–water partition coefficient (Wildman–Crippen LogP) is 2.33. The van der Waals surface area contributed by atoms with Crippen molar-refractivity contribution in [1.82, 2.24) is 5.32 Å². The van der Waals surface area contributed by atoms with Crippen molar-refractivity contribution in [3.63, 3.8) is 0 Å². The predicted molar refractivity (Wildman–Crippen MR) is 86.0 cm³/mol. The number of benzene rings is 2. The van der Waals surface area contributed by atoms with Crippen LogP contribution in [0, 0.1) is 0 Å². The minimum absolute atomic E-state index is 0.0301. The molecule has 1 heterocycles. The summed E-state index contributed by atoms with van der Waals surface area (Å²) in [6.07, 6.45) is 0.312. The molecule has 3 rings (SSSR count). The average Bonchev–Trinajstić information content (AvgIpc) is 2.60. The van der Waals surface area contributed by atoms with Crippen LogP contribution in [0.2, 0.25) is 0 Å². The van der Waals surface area contributed by atoms with E-state index in [9.17, 15) is 4.79 Å². The van der Waals surface area contributed by atoms with Gasteiger partial charge in [0.2, 0.25) is 5.91 Å². The molecule has 0 saturated carbocycles. The van der Waals surface area contributed by atoms with Crippen molar-refractivity contribution in [3.8, 4) is 17.2 Å². The van der Waals surface area contributed by atoms with Gasteiger partial charge in [-0.15, -0.1) is 0 Å². The second-order valence-electron chi connectivity index (χ2n) is 5.28. The zero-order valence-corrected chi connectivity index (χ0v) is 13.0. The molecule has 0 radical (unpaired) electrons. The fourth-order valence-corrected chi connectivity index (χ4v) is 2.39. The van der Waals surface area contributed by atoms with Gasteiger partial charge in [0.15, 0.2) is 11.5 Å². The topological polar surface area (TPSA) is 56.8 Å². The third kappa shape index (κ3) is 3.94. The van der Waals surface area contributed by atoms with Crippen LogP contribution in [0.1, 0.15) is 11.1 Å². The van der Waals surface area contributed by atoms with Gasteiger partial charge in [-0.25, -0.2) is 0 Å². The summed E-state index contributed by atoms with van der Waals surface area (Å²) >= 11 is 0. The van der Waals surface area contributed by atoms with Gasteiger partial charge in [0.25, 0.3) is 0 Å². The molecule has 0 unspecified atom stereocenters. The Morgan fingerprint density at radius 2 is 1.74 bits per heavy atom. The Morgan fingerprint density at radius 1 is 1.04 bits per heavy atom. The van der Waals surface area contributed by atoms with E-state index >= 15 is 0 Å². The van der Waals surface area contributed by atoms with Gasteiger partial charge in [-0.2, -0.15) is 0 Å². The minimum Gasteiger partial charge on any atom is -0.497 e. The van der Waals surface area contributed by atoms with Crippen molar-refractivity contribution in [2.45, 2.75) is 13.0 Å². The monoisotopic (exact) mass is 313 g/mol. The summed E-state index contributed by atoms with van der Waals surface area (Å²) in [7, 11) is 1.63. The van der Waals surface area contributed by atoms with Crippen LogP contribution in [0.5, 0.6) is 17.2 Å². The molecule has 1 N–H and O–H groups in total. The fourth-order valence-electron chi connectivity index (χ4n) is 2.39. The van der Waals surface area contributed by atoms with Gasteiger partial charge >= 0.3 is 0 Å². The second-order valence-corrected chi connectivity index (χ2v) is 5.28. The molecule has 0 aromatic heterocycles. The Morgan fingerprint density at radius 3 is 2.48 bits per heavy atom. The molecule has 23 heavy (non-hydrogen) atoms. The zero-order valence-electron chi connectivity index (χ0n) is 13.0. The molecule has 0 atom stereocenters. The first-order chi connectivity index (χ1) is 11.2. The second kappa shape index (κ2) is 7.05. The molecular formula is C18H19NO4. The lowest BCUT2D eigenvalue weighted by Gasteiger charge is -2.18. The number of methoxy groups -OCH3 is 1. The number of carbonyl (C=O) groups excluding carboxylic acids is 1. The molecule has 1 aliphatic rings. The quantitative estimate of drug-likeness (QED) is 0.920. The van der Waals surface area contributed by atoms with Crippen LogP contribution in [0.3, 0.4) is 0 Å². The number of hydrogen-bond acceptors (Lipinski definition) is 4. The highest BCUT2D eigenvalue weighted by Crippen LogP contribution is 2.30. The maximum absolute atomic E-state index is 12.1. The van der Waals surface area contributed by atoms with E-state index in [1.807, 2.05) is 42.5 Å². The van der Waals surface area contributed by atoms with Crippen LogP contribution in [0.4, 0.5) is 0 Å². The first-order valence-corrected chi connectivity index (χ1v) is 7.53. The van der Waals surface area contributed by atoms with Crippen molar-refractivity contribution in [1.29, 1.82) is 0 Å². The van der Waals surface area contributed by atoms with E-state index in [4.69, 9.17) is 14.2 Å². The molecule has 2 aromatic rings. The summed E-state index contributed by atoms with van der Waals surface area (Å²) in [6.45, 7) is 1.60. The number of hydrogen-bond donors (Lipinski definition) is 1. The molecule has 0 bridgehead atoms. The first kappa shape index (κ1) is 15.2. The lowest BCUT2D eigenvalue weighted by Crippen LogP contribution is -2.24. The van der Waals surface area contributed by atoms with Gasteiger partial charge in [0.05, 0.1) is 13.5 Å². The zero-order chi connectivity index (χ0) is 16.1. The third-order valence-electron chi connectivity index (χ3n) is 3.62. The first-order valence-electron chi connectivity index (χ1n) is 7.53. The summed E-state index contributed by atoms with van der Waals surface area (Å²) in [5.74, 6) is 2.21.